The molecule has 1 saturated heterocycles. The SMILES string of the molecule is CN(C(=O)c1ccccc1SCc1occc1C(=O)O)C1CCOC1. The van der Waals surface area contributed by atoms with Crippen molar-refractivity contribution in [2.24, 2.45) is 0 Å². The van der Waals surface area contributed by atoms with Gasteiger partial charge >= 0.3 is 5.97 Å². The molecule has 2 heterocycles. The van der Waals surface area contributed by atoms with Crippen molar-refractivity contribution in [2.75, 3.05) is 20.3 Å². The van der Waals surface area contributed by atoms with Crippen molar-refractivity contribution < 1.29 is 23.8 Å². The molecule has 0 spiro atoms. The molecule has 0 bridgehead atoms. The lowest BCUT2D eigenvalue weighted by Gasteiger charge is -2.24. The molecule has 132 valence electrons. The summed E-state index contributed by atoms with van der Waals surface area (Å²) in [6.45, 7) is 1.24. The molecule has 1 aromatic carbocycles. The molecule has 1 aliphatic rings. The van der Waals surface area contributed by atoms with Gasteiger partial charge in [-0.3, -0.25) is 4.79 Å². The Hall–Kier alpha value is -2.25. The molecular weight excluding hydrogens is 342 g/mol. The van der Waals surface area contributed by atoms with Gasteiger partial charge in [-0.1, -0.05) is 12.1 Å². The molecule has 1 fully saturated rings. The molecule has 6 nitrogen and oxygen atoms in total. The number of carboxylic acid groups (broad SMARTS) is 1. The third kappa shape index (κ3) is 3.88. The topological polar surface area (TPSA) is 80.0 Å². The number of aromatic carboxylic acids is 1. The van der Waals surface area contributed by atoms with Gasteiger partial charge in [0.05, 0.1) is 30.2 Å². The number of rotatable bonds is 6. The summed E-state index contributed by atoms with van der Waals surface area (Å²) in [4.78, 5) is 26.5. The molecular formula is C18H19NO5S. The van der Waals surface area contributed by atoms with E-state index in [1.807, 2.05) is 18.2 Å². The predicted octanol–water partition coefficient (Wildman–Crippen LogP) is 3.13. The third-order valence-corrected chi connectivity index (χ3v) is 5.30. The molecule has 0 aliphatic carbocycles. The summed E-state index contributed by atoms with van der Waals surface area (Å²) >= 11 is 1.39. The quantitative estimate of drug-likeness (QED) is 0.796. The Balaban J connectivity index is 1.75. The normalized spacial score (nSPS) is 16.8. The summed E-state index contributed by atoms with van der Waals surface area (Å²) in [5.41, 5.74) is 0.752. The first kappa shape index (κ1) is 17.6. The molecule has 1 amide bonds. The number of furan rings is 1. The Kier molecular flexibility index (Phi) is 5.45. The van der Waals surface area contributed by atoms with Crippen LogP contribution in [0.4, 0.5) is 0 Å². The fraction of sp³-hybridized carbons (Fsp3) is 0.333. The van der Waals surface area contributed by atoms with Crippen molar-refractivity contribution in [1.82, 2.24) is 4.90 Å². The van der Waals surface area contributed by atoms with Gasteiger partial charge in [-0.15, -0.1) is 11.8 Å². The van der Waals surface area contributed by atoms with E-state index < -0.39 is 5.97 Å². The van der Waals surface area contributed by atoms with Crippen molar-refractivity contribution in [2.45, 2.75) is 23.1 Å². The van der Waals surface area contributed by atoms with Gasteiger partial charge in [0.25, 0.3) is 5.91 Å². The van der Waals surface area contributed by atoms with E-state index in [9.17, 15) is 9.59 Å². The molecule has 0 radical (unpaired) electrons. The highest BCUT2D eigenvalue weighted by Crippen LogP contribution is 2.29. The minimum absolute atomic E-state index is 0.0588. The van der Waals surface area contributed by atoms with Gasteiger partial charge in [0.15, 0.2) is 0 Å². The fourth-order valence-corrected chi connectivity index (χ4v) is 3.73. The number of likely N-dealkylation sites (N-methyl/N-ethyl adjacent to an activating group) is 1. The van der Waals surface area contributed by atoms with Crippen LogP contribution in [0, 0.1) is 0 Å². The first-order valence-corrected chi connectivity index (χ1v) is 8.93. The Labute approximate surface area is 149 Å². The van der Waals surface area contributed by atoms with Crippen molar-refractivity contribution >= 4 is 23.6 Å². The molecule has 25 heavy (non-hydrogen) atoms. The first-order valence-electron chi connectivity index (χ1n) is 7.94. The predicted molar refractivity (Wildman–Crippen MR) is 93.0 cm³/mol. The fourth-order valence-electron chi connectivity index (χ4n) is 2.74. The van der Waals surface area contributed by atoms with Crippen LogP contribution in [0.3, 0.4) is 0 Å². The number of amides is 1. The van der Waals surface area contributed by atoms with Crippen LogP contribution < -0.4 is 0 Å². The van der Waals surface area contributed by atoms with Crippen molar-refractivity contribution in [3.8, 4) is 0 Å². The van der Waals surface area contributed by atoms with Crippen LogP contribution in [0.15, 0.2) is 45.9 Å². The molecule has 1 N–H and O–H groups in total. The summed E-state index contributed by atoms with van der Waals surface area (Å²) in [6, 6.07) is 8.86. The highest BCUT2D eigenvalue weighted by Gasteiger charge is 2.26. The lowest BCUT2D eigenvalue weighted by atomic mass is 10.1. The first-order chi connectivity index (χ1) is 12.1. The Bertz CT molecular complexity index is 766. The number of hydrogen-bond acceptors (Lipinski definition) is 5. The monoisotopic (exact) mass is 361 g/mol. The lowest BCUT2D eigenvalue weighted by Crippen LogP contribution is -2.37. The number of carbonyl (C=O) groups is 2. The second-order valence-electron chi connectivity index (χ2n) is 5.78. The van der Waals surface area contributed by atoms with E-state index >= 15 is 0 Å². The van der Waals surface area contributed by atoms with Gasteiger partial charge in [0.1, 0.15) is 11.3 Å². The minimum Gasteiger partial charge on any atom is -0.478 e. The number of hydrogen-bond donors (Lipinski definition) is 1. The zero-order chi connectivity index (χ0) is 17.8. The largest absolute Gasteiger partial charge is 0.478 e. The zero-order valence-electron chi connectivity index (χ0n) is 13.8. The summed E-state index contributed by atoms with van der Waals surface area (Å²) < 4.78 is 10.6. The zero-order valence-corrected chi connectivity index (χ0v) is 14.6. The van der Waals surface area contributed by atoms with Crippen LogP contribution >= 0.6 is 11.8 Å². The number of ether oxygens (including phenoxy) is 1. The maximum Gasteiger partial charge on any atom is 0.339 e. The van der Waals surface area contributed by atoms with E-state index in [1.54, 1.807) is 18.0 Å². The maximum absolute atomic E-state index is 12.8. The van der Waals surface area contributed by atoms with Crippen molar-refractivity contribution in [3.63, 3.8) is 0 Å². The average Bonchev–Trinajstić information content (AvgIpc) is 3.30. The highest BCUT2D eigenvalue weighted by molar-refractivity contribution is 7.98. The number of carboxylic acids is 1. The number of benzene rings is 1. The van der Waals surface area contributed by atoms with Crippen LogP contribution in [0.5, 0.6) is 0 Å². The van der Waals surface area contributed by atoms with E-state index in [1.165, 1.54) is 24.1 Å². The minimum atomic E-state index is -1.02. The van der Waals surface area contributed by atoms with Gasteiger partial charge < -0.3 is 19.2 Å². The van der Waals surface area contributed by atoms with E-state index in [0.717, 1.165) is 11.3 Å². The third-order valence-electron chi connectivity index (χ3n) is 4.23. The Morgan fingerprint density at radius 1 is 1.28 bits per heavy atom. The van der Waals surface area contributed by atoms with Gasteiger partial charge in [0, 0.05) is 18.6 Å². The molecule has 3 rings (SSSR count). The van der Waals surface area contributed by atoms with E-state index in [-0.39, 0.29) is 17.5 Å². The molecule has 7 heteroatoms. The van der Waals surface area contributed by atoms with Gasteiger partial charge in [-0.05, 0) is 24.6 Å². The molecule has 2 aromatic rings. The van der Waals surface area contributed by atoms with Gasteiger partial charge in [-0.25, -0.2) is 4.79 Å². The standard InChI is InChI=1S/C18H19NO5S/c1-19(12-6-8-23-10-12)17(20)14-4-2-3-5-16(14)25-11-15-13(18(21)22)7-9-24-15/h2-5,7,9,12H,6,8,10-11H2,1H3,(H,21,22). The molecule has 1 atom stereocenters. The van der Waals surface area contributed by atoms with E-state index in [2.05, 4.69) is 0 Å². The van der Waals surface area contributed by atoms with Crippen LogP contribution in [0.2, 0.25) is 0 Å². The van der Waals surface area contributed by atoms with Crippen molar-refractivity contribution in [1.29, 1.82) is 0 Å². The average molecular weight is 361 g/mol. The van der Waals surface area contributed by atoms with E-state index in [4.69, 9.17) is 14.3 Å². The highest BCUT2D eigenvalue weighted by atomic mass is 32.2. The van der Waals surface area contributed by atoms with Crippen LogP contribution in [-0.4, -0.2) is 48.2 Å². The molecule has 0 saturated carbocycles. The molecule has 1 aromatic heterocycles. The second kappa shape index (κ2) is 7.76. The summed E-state index contributed by atoms with van der Waals surface area (Å²) in [6.07, 6.45) is 2.20. The summed E-state index contributed by atoms with van der Waals surface area (Å²) in [5.74, 6) is -0.349. The van der Waals surface area contributed by atoms with Crippen LogP contribution in [0.1, 0.15) is 32.9 Å². The maximum atomic E-state index is 12.8. The number of thioether (sulfide) groups is 1. The molecule has 1 aliphatic heterocycles. The smallest absolute Gasteiger partial charge is 0.339 e. The summed E-state index contributed by atoms with van der Waals surface area (Å²) in [7, 11) is 1.79. The number of nitrogens with zero attached hydrogens (tertiary/aromatic N) is 1. The van der Waals surface area contributed by atoms with Crippen LogP contribution in [0.25, 0.3) is 0 Å². The van der Waals surface area contributed by atoms with Gasteiger partial charge in [-0.2, -0.15) is 0 Å². The Morgan fingerprint density at radius 3 is 2.80 bits per heavy atom. The second-order valence-corrected chi connectivity index (χ2v) is 6.80. The lowest BCUT2D eigenvalue weighted by molar-refractivity contribution is 0.0690. The van der Waals surface area contributed by atoms with E-state index in [0.29, 0.717) is 30.3 Å². The van der Waals surface area contributed by atoms with Crippen molar-refractivity contribution in [3.05, 3.63) is 53.5 Å². The Morgan fingerprint density at radius 2 is 2.08 bits per heavy atom. The molecule has 1 unspecified atom stereocenters. The van der Waals surface area contributed by atoms with Gasteiger partial charge in [0.2, 0.25) is 0 Å². The number of carbonyl (C=O) groups excluding carboxylic acids is 1. The van der Waals surface area contributed by atoms with Crippen LogP contribution in [-0.2, 0) is 10.5 Å². The summed E-state index contributed by atoms with van der Waals surface area (Å²) in [5, 5.41) is 9.15.